The highest BCUT2D eigenvalue weighted by Crippen LogP contribution is 2.36. The maximum atomic E-state index is 12.8. The van der Waals surface area contributed by atoms with E-state index in [9.17, 15) is 23.3 Å². The van der Waals surface area contributed by atoms with E-state index in [-0.39, 0.29) is 5.69 Å². The Bertz CT molecular complexity index is 484. The van der Waals surface area contributed by atoms with Gasteiger partial charge in [-0.25, -0.2) is 0 Å². The molecule has 0 heterocycles. The first-order chi connectivity index (χ1) is 8.86. The van der Waals surface area contributed by atoms with Gasteiger partial charge in [-0.3, -0.25) is 10.1 Å². The third-order valence-electron chi connectivity index (χ3n) is 2.38. The number of anilines is 1. The predicted molar refractivity (Wildman–Crippen MR) is 66.0 cm³/mol. The highest BCUT2D eigenvalue weighted by Gasteiger charge is 2.35. The summed E-state index contributed by atoms with van der Waals surface area (Å²) >= 11 is 0. The lowest BCUT2D eigenvalue weighted by atomic mass is 10.1. The number of halogens is 3. The van der Waals surface area contributed by atoms with E-state index in [4.69, 9.17) is 0 Å². The van der Waals surface area contributed by atoms with Gasteiger partial charge in [0.05, 0.1) is 10.5 Å². The molecule has 0 saturated carbocycles. The molecule has 0 aliphatic heterocycles. The molecule has 1 aromatic rings. The van der Waals surface area contributed by atoms with E-state index >= 15 is 0 Å². The first-order valence-corrected chi connectivity index (χ1v) is 5.57. The van der Waals surface area contributed by atoms with Gasteiger partial charge < -0.3 is 5.32 Å². The number of nitro benzene ring substituents is 1. The number of nitro groups is 1. The van der Waals surface area contributed by atoms with Gasteiger partial charge in [-0.05, 0) is 19.4 Å². The molecule has 0 aromatic heterocycles. The zero-order valence-corrected chi connectivity index (χ0v) is 10.2. The number of nitrogens with zero attached hydrogens (tertiary/aromatic N) is 1. The van der Waals surface area contributed by atoms with Crippen molar-refractivity contribution in [1.82, 2.24) is 0 Å². The van der Waals surface area contributed by atoms with Crippen molar-refractivity contribution in [2.24, 2.45) is 0 Å². The molecule has 1 rings (SSSR count). The number of alkyl halides is 3. The maximum Gasteiger partial charge on any atom is 0.418 e. The van der Waals surface area contributed by atoms with Crippen LogP contribution >= 0.6 is 0 Å². The van der Waals surface area contributed by atoms with Gasteiger partial charge >= 0.3 is 6.18 Å². The molecular weight excluding hydrogens is 261 g/mol. The number of non-ortho nitro benzene ring substituents is 1. The largest absolute Gasteiger partial charge is 0.418 e. The summed E-state index contributed by atoms with van der Waals surface area (Å²) in [4.78, 5) is 9.65. The van der Waals surface area contributed by atoms with Gasteiger partial charge in [-0.15, -0.1) is 0 Å². The van der Waals surface area contributed by atoms with E-state index in [2.05, 4.69) is 5.32 Å². The lowest BCUT2D eigenvalue weighted by molar-refractivity contribution is -0.385. The average Bonchev–Trinajstić information content (AvgIpc) is 2.33. The molecule has 19 heavy (non-hydrogen) atoms. The fourth-order valence-corrected chi connectivity index (χ4v) is 1.49. The first kappa shape index (κ1) is 15.0. The fraction of sp³-hybridized carbons (Fsp3) is 0.333. The molecule has 0 saturated heterocycles. The number of hydrogen-bond donors (Lipinski definition) is 1. The molecule has 0 radical (unpaired) electrons. The smallest absolute Gasteiger partial charge is 0.384 e. The molecule has 0 aliphatic rings. The highest BCUT2D eigenvalue weighted by molar-refractivity contribution is 5.57. The van der Waals surface area contributed by atoms with Crippen molar-refractivity contribution in [2.75, 3.05) is 11.9 Å². The number of rotatable bonds is 5. The second-order valence-electron chi connectivity index (χ2n) is 3.77. The minimum Gasteiger partial charge on any atom is -0.384 e. The lowest BCUT2D eigenvalue weighted by Gasteiger charge is -2.13. The van der Waals surface area contributed by atoms with E-state index in [1.165, 1.54) is 0 Å². The summed E-state index contributed by atoms with van der Waals surface area (Å²) < 4.78 is 38.4. The molecule has 0 aliphatic carbocycles. The molecule has 1 aromatic carbocycles. The van der Waals surface area contributed by atoms with Crippen LogP contribution in [0.25, 0.3) is 0 Å². The third kappa shape index (κ3) is 4.27. The minimum absolute atomic E-state index is 0.150. The van der Waals surface area contributed by atoms with Crippen LogP contribution in [-0.2, 0) is 6.18 Å². The fourth-order valence-electron chi connectivity index (χ4n) is 1.49. The monoisotopic (exact) mass is 274 g/mol. The molecule has 0 unspecified atom stereocenters. The third-order valence-corrected chi connectivity index (χ3v) is 2.38. The Balaban J connectivity index is 2.99. The molecule has 7 heteroatoms. The Labute approximate surface area is 108 Å². The highest BCUT2D eigenvalue weighted by atomic mass is 19.4. The summed E-state index contributed by atoms with van der Waals surface area (Å²) in [6, 6.07) is 2.67. The Morgan fingerprint density at radius 3 is 2.63 bits per heavy atom. The van der Waals surface area contributed by atoms with Crippen LogP contribution in [0.4, 0.5) is 24.5 Å². The summed E-state index contributed by atoms with van der Waals surface area (Å²) in [6.45, 7) is 2.14. The number of allylic oxidation sites excluding steroid dienone is 1. The molecule has 4 nitrogen and oxygen atoms in total. The number of hydrogen-bond acceptors (Lipinski definition) is 3. The second kappa shape index (κ2) is 6.21. The van der Waals surface area contributed by atoms with Crippen LogP contribution in [0.15, 0.2) is 30.4 Å². The first-order valence-electron chi connectivity index (χ1n) is 5.57. The average molecular weight is 274 g/mol. The maximum absolute atomic E-state index is 12.8. The Morgan fingerprint density at radius 1 is 1.42 bits per heavy atom. The van der Waals surface area contributed by atoms with Crippen molar-refractivity contribution < 1.29 is 18.1 Å². The van der Waals surface area contributed by atoms with Gasteiger partial charge in [0.2, 0.25) is 0 Å². The Morgan fingerprint density at radius 2 is 2.11 bits per heavy atom. The van der Waals surface area contributed by atoms with Crippen molar-refractivity contribution in [3.8, 4) is 0 Å². The van der Waals surface area contributed by atoms with Gasteiger partial charge in [0.1, 0.15) is 0 Å². The Kier molecular flexibility index (Phi) is 4.91. The van der Waals surface area contributed by atoms with Gasteiger partial charge in [-0.2, -0.15) is 13.2 Å². The second-order valence-corrected chi connectivity index (χ2v) is 3.77. The van der Waals surface area contributed by atoms with Crippen molar-refractivity contribution in [3.05, 3.63) is 46.0 Å². The van der Waals surface area contributed by atoms with E-state index in [0.717, 1.165) is 12.1 Å². The van der Waals surface area contributed by atoms with Crippen molar-refractivity contribution in [2.45, 2.75) is 19.5 Å². The number of nitrogens with one attached hydrogen (secondary N) is 1. The van der Waals surface area contributed by atoms with Crippen LogP contribution in [0.1, 0.15) is 18.9 Å². The summed E-state index contributed by atoms with van der Waals surface area (Å²) in [7, 11) is 0. The van der Waals surface area contributed by atoms with Crippen molar-refractivity contribution in [1.29, 1.82) is 0 Å². The Hall–Kier alpha value is -2.05. The van der Waals surface area contributed by atoms with Crippen LogP contribution in [0, 0.1) is 10.1 Å². The summed E-state index contributed by atoms with van der Waals surface area (Å²) in [5, 5.41) is 13.1. The lowest BCUT2D eigenvalue weighted by Crippen LogP contribution is -2.12. The van der Waals surface area contributed by atoms with Crippen LogP contribution in [0.3, 0.4) is 0 Å². The molecule has 0 bridgehead atoms. The molecule has 0 spiro atoms. The zero-order valence-electron chi connectivity index (χ0n) is 10.2. The van der Waals surface area contributed by atoms with E-state index < -0.39 is 22.4 Å². The normalized spacial score (nSPS) is 11.8. The van der Waals surface area contributed by atoms with Crippen LogP contribution in [0.5, 0.6) is 0 Å². The van der Waals surface area contributed by atoms with E-state index in [0.29, 0.717) is 19.0 Å². The van der Waals surface area contributed by atoms with Crippen molar-refractivity contribution in [3.63, 3.8) is 0 Å². The molecule has 1 N–H and O–H groups in total. The SMILES string of the molecule is C/C=C/CCNc1ccc([N+](=O)[O-])cc1C(F)(F)F. The van der Waals surface area contributed by atoms with Crippen molar-refractivity contribution >= 4 is 11.4 Å². The van der Waals surface area contributed by atoms with E-state index in [1.54, 1.807) is 6.08 Å². The standard InChI is InChI=1S/C12H13F3N2O2/c1-2-3-4-7-16-11-6-5-9(17(18)19)8-10(11)12(13,14)15/h2-3,5-6,8,16H,4,7H2,1H3/b3-2+. The summed E-state index contributed by atoms with van der Waals surface area (Å²) in [5.41, 5.74) is -1.75. The zero-order chi connectivity index (χ0) is 14.5. The van der Waals surface area contributed by atoms with Gasteiger partial charge in [-0.1, -0.05) is 12.2 Å². The molecule has 104 valence electrons. The predicted octanol–water partition coefficient (Wildman–Crippen LogP) is 3.99. The molecule has 0 amide bonds. The van der Waals surface area contributed by atoms with Gasteiger partial charge in [0.15, 0.2) is 0 Å². The van der Waals surface area contributed by atoms with Gasteiger partial charge in [0, 0.05) is 24.4 Å². The molecular formula is C12H13F3N2O2. The van der Waals surface area contributed by atoms with Crippen LogP contribution in [-0.4, -0.2) is 11.5 Å². The molecule has 0 atom stereocenters. The van der Waals surface area contributed by atoms with Gasteiger partial charge in [0.25, 0.3) is 5.69 Å². The summed E-state index contributed by atoms with van der Waals surface area (Å²) in [5.74, 6) is 0. The van der Waals surface area contributed by atoms with E-state index in [1.807, 2.05) is 13.0 Å². The molecule has 0 fully saturated rings. The number of benzene rings is 1. The van der Waals surface area contributed by atoms with Crippen LogP contribution in [0.2, 0.25) is 0 Å². The summed E-state index contributed by atoms with van der Waals surface area (Å²) in [6.07, 6.45) is -0.451. The minimum atomic E-state index is -4.63. The topological polar surface area (TPSA) is 55.2 Å². The van der Waals surface area contributed by atoms with Crippen LogP contribution < -0.4 is 5.32 Å². The quantitative estimate of drug-likeness (QED) is 0.382.